The number of ether oxygens (including phenoxy) is 1. The molecule has 192 valence electrons. The predicted octanol–water partition coefficient (Wildman–Crippen LogP) is 5.93. The van der Waals surface area contributed by atoms with E-state index in [4.69, 9.17) is 9.15 Å². The summed E-state index contributed by atoms with van der Waals surface area (Å²) in [6, 6.07) is 17.0. The monoisotopic (exact) mass is 500 g/mol. The molecular weight excluding hydrogens is 468 g/mol. The van der Waals surface area contributed by atoms with Crippen LogP contribution < -0.4 is 14.5 Å². The van der Waals surface area contributed by atoms with E-state index in [1.165, 1.54) is 11.2 Å². The van der Waals surface area contributed by atoms with Crippen LogP contribution in [0.4, 0.5) is 11.4 Å². The minimum atomic E-state index is -0.886. The second-order valence-electron chi connectivity index (χ2n) is 10.1. The molecule has 3 heterocycles. The molecule has 2 fully saturated rings. The van der Waals surface area contributed by atoms with Gasteiger partial charge in [-0.15, -0.1) is 0 Å². The van der Waals surface area contributed by atoms with Gasteiger partial charge in [-0.1, -0.05) is 6.92 Å². The third kappa shape index (κ3) is 4.86. The highest BCUT2D eigenvalue weighted by atomic mass is 16.5. The van der Waals surface area contributed by atoms with Gasteiger partial charge in [-0.3, -0.25) is 14.5 Å². The maximum absolute atomic E-state index is 13.3. The Hall–Kier alpha value is -4.00. The third-order valence-corrected chi connectivity index (χ3v) is 7.03. The SMILES string of the molecule is CC1CCN(c2ccc(N3C(=O)C(=O)/C(=C(\O)c4ccc(OC(C)C)cc4)C3c3ccco3)cc2)CC1. The maximum atomic E-state index is 13.3. The van der Waals surface area contributed by atoms with Crippen molar-refractivity contribution in [2.24, 2.45) is 5.92 Å². The number of hydrogen-bond donors (Lipinski definition) is 1. The van der Waals surface area contributed by atoms with Crippen LogP contribution >= 0.6 is 0 Å². The van der Waals surface area contributed by atoms with Gasteiger partial charge in [-0.05, 0) is 93.3 Å². The number of Topliss-reactive ketones (excluding diaryl/α,β-unsaturated/α-hetero) is 1. The number of rotatable bonds is 6. The van der Waals surface area contributed by atoms with E-state index in [2.05, 4.69) is 11.8 Å². The lowest BCUT2D eigenvalue weighted by atomic mass is 9.98. The lowest BCUT2D eigenvalue weighted by Crippen LogP contribution is -2.33. The highest BCUT2D eigenvalue weighted by Crippen LogP contribution is 2.42. The average molecular weight is 501 g/mol. The van der Waals surface area contributed by atoms with Crippen LogP contribution in [0.5, 0.6) is 5.75 Å². The topological polar surface area (TPSA) is 83.2 Å². The van der Waals surface area contributed by atoms with Gasteiger partial charge in [0.2, 0.25) is 0 Å². The fourth-order valence-corrected chi connectivity index (χ4v) is 5.02. The fraction of sp³-hybridized carbons (Fsp3) is 0.333. The van der Waals surface area contributed by atoms with Crippen molar-refractivity contribution in [2.75, 3.05) is 22.9 Å². The number of aliphatic hydroxyl groups is 1. The van der Waals surface area contributed by atoms with Gasteiger partial charge >= 0.3 is 0 Å². The molecule has 1 amide bonds. The summed E-state index contributed by atoms with van der Waals surface area (Å²) in [7, 11) is 0. The molecule has 5 rings (SSSR count). The Bertz CT molecular complexity index is 1280. The molecule has 1 unspecified atom stereocenters. The van der Waals surface area contributed by atoms with Crippen molar-refractivity contribution in [3.05, 3.63) is 83.8 Å². The molecule has 3 aromatic rings. The Morgan fingerprint density at radius 1 is 0.973 bits per heavy atom. The summed E-state index contributed by atoms with van der Waals surface area (Å²) >= 11 is 0. The summed E-state index contributed by atoms with van der Waals surface area (Å²) in [5.74, 6) is 0.0669. The summed E-state index contributed by atoms with van der Waals surface area (Å²) in [6.45, 7) is 8.13. The van der Waals surface area contributed by atoms with Crippen LogP contribution in [-0.2, 0) is 9.59 Å². The molecule has 2 aromatic carbocycles. The van der Waals surface area contributed by atoms with Crippen LogP contribution in [0.15, 0.2) is 76.9 Å². The molecule has 7 nitrogen and oxygen atoms in total. The number of nitrogens with zero attached hydrogens (tertiary/aromatic N) is 2. The van der Waals surface area contributed by atoms with Crippen molar-refractivity contribution in [3.8, 4) is 5.75 Å². The normalized spacial score (nSPS) is 20.2. The van der Waals surface area contributed by atoms with Crippen LogP contribution in [-0.4, -0.2) is 36.0 Å². The van der Waals surface area contributed by atoms with E-state index in [-0.39, 0.29) is 17.4 Å². The summed E-state index contributed by atoms with van der Waals surface area (Å²) in [6.07, 6.45) is 3.81. The number of piperidine rings is 1. The van der Waals surface area contributed by atoms with Gasteiger partial charge in [0, 0.05) is 30.0 Å². The quantitative estimate of drug-likeness (QED) is 0.257. The molecule has 7 heteroatoms. The van der Waals surface area contributed by atoms with Gasteiger partial charge in [-0.2, -0.15) is 0 Å². The summed E-state index contributed by atoms with van der Waals surface area (Å²) in [5.41, 5.74) is 2.06. The van der Waals surface area contributed by atoms with E-state index < -0.39 is 17.7 Å². The highest BCUT2D eigenvalue weighted by Gasteiger charge is 2.48. The number of carbonyl (C=O) groups is 2. The Labute approximate surface area is 216 Å². The van der Waals surface area contributed by atoms with Crippen LogP contribution in [0.1, 0.15) is 51.0 Å². The summed E-state index contributed by atoms with van der Waals surface area (Å²) < 4.78 is 11.3. The number of aliphatic hydroxyl groups excluding tert-OH is 1. The van der Waals surface area contributed by atoms with Crippen molar-refractivity contribution in [1.29, 1.82) is 0 Å². The summed E-state index contributed by atoms with van der Waals surface area (Å²) in [5, 5.41) is 11.2. The molecule has 0 aliphatic carbocycles. The van der Waals surface area contributed by atoms with E-state index in [0.29, 0.717) is 22.8 Å². The van der Waals surface area contributed by atoms with Crippen LogP contribution in [0.25, 0.3) is 5.76 Å². The number of benzene rings is 2. The minimum Gasteiger partial charge on any atom is -0.507 e. The molecule has 1 aromatic heterocycles. The van der Waals surface area contributed by atoms with Gasteiger partial charge in [0.1, 0.15) is 23.3 Å². The molecule has 0 bridgehead atoms. The van der Waals surface area contributed by atoms with Gasteiger partial charge in [0.05, 0.1) is 17.9 Å². The number of furan rings is 1. The summed E-state index contributed by atoms with van der Waals surface area (Å²) in [4.78, 5) is 30.3. The van der Waals surface area contributed by atoms with Crippen molar-refractivity contribution in [2.45, 2.75) is 45.8 Å². The van der Waals surface area contributed by atoms with Crippen LogP contribution in [0, 0.1) is 5.92 Å². The number of amides is 1. The van der Waals surface area contributed by atoms with E-state index >= 15 is 0 Å². The molecule has 1 atom stereocenters. The number of carbonyl (C=O) groups excluding carboxylic acids is 2. The zero-order chi connectivity index (χ0) is 26.1. The molecule has 0 saturated carbocycles. The van der Waals surface area contributed by atoms with E-state index in [1.807, 2.05) is 38.1 Å². The highest BCUT2D eigenvalue weighted by molar-refractivity contribution is 6.51. The van der Waals surface area contributed by atoms with E-state index in [1.54, 1.807) is 36.4 Å². The first-order chi connectivity index (χ1) is 17.8. The molecule has 2 aliphatic heterocycles. The first-order valence-corrected chi connectivity index (χ1v) is 12.8. The van der Waals surface area contributed by atoms with Gasteiger partial charge in [0.25, 0.3) is 11.7 Å². The van der Waals surface area contributed by atoms with Crippen molar-refractivity contribution >= 4 is 28.8 Å². The first kappa shape index (κ1) is 24.7. The second kappa shape index (κ2) is 10.2. The van der Waals surface area contributed by atoms with Gasteiger partial charge in [-0.25, -0.2) is 0 Å². The Morgan fingerprint density at radius 2 is 1.62 bits per heavy atom. The number of hydrogen-bond acceptors (Lipinski definition) is 6. The Balaban J connectivity index is 1.50. The zero-order valence-electron chi connectivity index (χ0n) is 21.4. The van der Waals surface area contributed by atoms with Crippen molar-refractivity contribution < 1.29 is 23.8 Å². The van der Waals surface area contributed by atoms with E-state index in [0.717, 1.165) is 37.5 Å². The number of ketones is 1. The van der Waals surface area contributed by atoms with Crippen molar-refractivity contribution in [3.63, 3.8) is 0 Å². The first-order valence-electron chi connectivity index (χ1n) is 12.8. The molecule has 2 aliphatic rings. The second-order valence-corrected chi connectivity index (χ2v) is 10.1. The largest absolute Gasteiger partial charge is 0.507 e. The van der Waals surface area contributed by atoms with Crippen LogP contribution in [0.3, 0.4) is 0 Å². The fourth-order valence-electron chi connectivity index (χ4n) is 5.02. The molecular formula is C30H32N2O5. The Kier molecular flexibility index (Phi) is 6.78. The van der Waals surface area contributed by atoms with Crippen molar-refractivity contribution in [1.82, 2.24) is 0 Å². The molecule has 0 radical (unpaired) electrons. The molecule has 37 heavy (non-hydrogen) atoms. The number of anilines is 2. The molecule has 0 spiro atoms. The minimum absolute atomic E-state index is 0.00780. The molecule has 1 N–H and O–H groups in total. The lowest BCUT2D eigenvalue weighted by molar-refractivity contribution is -0.132. The van der Waals surface area contributed by atoms with Gasteiger partial charge < -0.3 is 19.2 Å². The lowest BCUT2D eigenvalue weighted by Gasteiger charge is -2.32. The Morgan fingerprint density at radius 3 is 2.22 bits per heavy atom. The zero-order valence-corrected chi connectivity index (χ0v) is 21.4. The molecule has 2 saturated heterocycles. The standard InChI is InChI=1S/C30H32N2O5/c1-19(2)37-24-12-6-21(7-13-24)28(33)26-27(25-5-4-18-36-25)32(30(35)29(26)34)23-10-8-22(9-11-23)31-16-14-20(3)15-17-31/h4-13,18-20,27,33H,14-17H2,1-3H3/b28-26-. The predicted molar refractivity (Wildman–Crippen MR) is 143 cm³/mol. The van der Waals surface area contributed by atoms with Crippen LogP contribution in [0.2, 0.25) is 0 Å². The third-order valence-electron chi connectivity index (χ3n) is 7.03. The van der Waals surface area contributed by atoms with E-state index in [9.17, 15) is 14.7 Å². The maximum Gasteiger partial charge on any atom is 0.300 e. The average Bonchev–Trinajstić information content (AvgIpc) is 3.51. The smallest absolute Gasteiger partial charge is 0.300 e. The van der Waals surface area contributed by atoms with Gasteiger partial charge in [0.15, 0.2) is 0 Å².